The molecule has 2 amide bonds. The van der Waals surface area contributed by atoms with Crippen molar-refractivity contribution >= 4 is 11.8 Å². The van der Waals surface area contributed by atoms with Gasteiger partial charge in [0.1, 0.15) is 12.4 Å². The fourth-order valence-electron chi connectivity index (χ4n) is 2.32. The molecular formula is C17H12N2O3. The number of hydrogen-bond donors (Lipinski definition) is 0. The standard InChI is InChI=1S/C17H12N2O3/c18-11-12-5-7-13(8-6-12)22-10-9-19-16(20)14-3-1-2-4-15(14)17(19)21/h1-8H,9-10H2. The Balaban J connectivity index is 1.62. The van der Waals surface area contributed by atoms with Crippen LogP contribution >= 0.6 is 0 Å². The molecule has 0 unspecified atom stereocenters. The zero-order chi connectivity index (χ0) is 15.5. The lowest BCUT2D eigenvalue weighted by molar-refractivity contribution is 0.0631. The van der Waals surface area contributed by atoms with E-state index < -0.39 is 0 Å². The Morgan fingerprint density at radius 3 is 2.09 bits per heavy atom. The Hall–Kier alpha value is -3.13. The van der Waals surface area contributed by atoms with Crippen molar-refractivity contribution in [2.24, 2.45) is 0 Å². The minimum Gasteiger partial charge on any atom is -0.492 e. The number of hydrogen-bond acceptors (Lipinski definition) is 4. The number of amides is 2. The minimum absolute atomic E-state index is 0.187. The molecule has 0 saturated heterocycles. The number of nitrogens with zero attached hydrogens (tertiary/aromatic N) is 2. The molecule has 2 aromatic carbocycles. The van der Waals surface area contributed by atoms with E-state index in [9.17, 15) is 9.59 Å². The quantitative estimate of drug-likeness (QED) is 0.810. The fraction of sp³-hybridized carbons (Fsp3) is 0.118. The lowest BCUT2D eigenvalue weighted by Crippen LogP contribution is -2.33. The van der Waals surface area contributed by atoms with Crippen LogP contribution in [-0.2, 0) is 0 Å². The van der Waals surface area contributed by atoms with Crippen molar-refractivity contribution in [2.45, 2.75) is 0 Å². The Kier molecular flexibility index (Phi) is 3.58. The van der Waals surface area contributed by atoms with Gasteiger partial charge in [0.05, 0.1) is 29.3 Å². The zero-order valence-electron chi connectivity index (χ0n) is 11.7. The molecule has 0 aliphatic carbocycles. The predicted molar refractivity (Wildman–Crippen MR) is 78.5 cm³/mol. The molecule has 1 aliphatic heterocycles. The van der Waals surface area contributed by atoms with Crippen molar-refractivity contribution in [3.05, 3.63) is 65.2 Å². The van der Waals surface area contributed by atoms with Gasteiger partial charge in [-0.25, -0.2) is 0 Å². The van der Waals surface area contributed by atoms with E-state index in [-0.39, 0.29) is 25.0 Å². The molecule has 1 heterocycles. The van der Waals surface area contributed by atoms with E-state index in [4.69, 9.17) is 10.00 Å². The molecule has 22 heavy (non-hydrogen) atoms. The molecule has 0 fully saturated rings. The third-order valence-electron chi connectivity index (χ3n) is 3.45. The van der Waals surface area contributed by atoms with Crippen LogP contribution in [0.15, 0.2) is 48.5 Å². The lowest BCUT2D eigenvalue weighted by atomic mass is 10.1. The molecule has 3 rings (SSSR count). The van der Waals surface area contributed by atoms with Gasteiger partial charge in [0.15, 0.2) is 0 Å². The van der Waals surface area contributed by atoms with Crippen molar-refractivity contribution in [2.75, 3.05) is 13.2 Å². The van der Waals surface area contributed by atoms with Gasteiger partial charge < -0.3 is 4.74 Å². The van der Waals surface area contributed by atoms with Crippen LogP contribution in [0.1, 0.15) is 26.3 Å². The average Bonchev–Trinajstić information content (AvgIpc) is 2.81. The number of rotatable bonds is 4. The maximum atomic E-state index is 12.1. The molecule has 0 radical (unpaired) electrons. The molecule has 0 spiro atoms. The Bertz CT molecular complexity index is 740. The van der Waals surface area contributed by atoms with E-state index >= 15 is 0 Å². The third-order valence-corrected chi connectivity index (χ3v) is 3.45. The van der Waals surface area contributed by atoms with Gasteiger partial charge in [-0.3, -0.25) is 14.5 Å². The predicted octanol–water partition coefficient (Wildman–Crippen LogP) is 2.23. The Labute approximate surface area is 127 Å². The molecule has 0 N–H and O–H groups in total. The molecule has 0 bridgehead atoms. The van der Waals surface area contributed by atoms with Crippen LogP contribution in [0.4, 0.5) is 0 Å². The molecule has 0 atom stereocenters. The topological polar surface area (TPSA) is 70.4 Å². The highest BCUT2D eigenvalue weighted by Gasteiger charge is 2.34. The summed E-state index contributed by atoms with van der Waals surface area (Å²) < 4.78 is 5.51. The summed E-state index contributed by atoms with van der Waals surface area (Å²) in [5, 5.41) is 8.72. The van der Waals surface area contributed by atoms with E-state index in [1.165, 1.54) is 4.90 Å². The van der Waals surface area contributed by atoms with Crippen LogP contribution in [0.3, 0.4) is 0 Å². The van der Waals surface area contributed by atoms with Gasteiger partial charge in [0, 0.05) is 0 Å². The summed E-state index contributed by atoms with van der Waals surface area (Å²) in [6, 6.07) is 15.5. The zero-order valence-corrected chi connectivity index (χ0v) is 11.7. The van der Waals surface area contributed by atoms with Gasteiger partial charge in [0.25, 0.3) is 11.8 Å². The monoisotopic (exact) mass is 292 g/mol. The molecule has 5 heteroatoms. The first-order valence-electron chi connectivity index (χ1n) is 6.79. The summed E-state index contributed by atoms with van der Waals surface area (Å²) in [5.74, 6) is 0.0173. The smallest absolute Gasteiger partial charge is 0.261 e. The summed E-state index contributed by atoms with van der Waals surface area (Å²) in [6.07, 6.45) is 0. The summed E-state index contributed by atoms with van der Waals surface area (Å²) in [6.45, 7) is 0.393. The van der Waals surface area contributed by atoms with Crippen LogP contribution < -0.4 is 4.74 Å². The summed E-state index contributed by atoms with van der Waals surface area (Å²) in [4.78, 5) is 25.5. The lowest BCUT2D eigenvalue weighted by Gasteiger charge is -2.14. The maximum Gasteiger partial charge on any atom is 0.261 e. The van der Waals surface area contributed by atoms with Gasteiger partial charge >= 0.3 is 0 Å². The first kappa shape index (κ1) is 13.8. The fourth-order valence-corrected chi connectivity index (χ4v) is 2.32. The number of nitriles is 1. The Morgan fingerprint density at radius 1 is 0.955 bits per heavy atom. The van der Waals surface area contributed by atoms with Crippen molar-refractivity contribution in [3.63, 3.8) is 0 Å². The number of imide groups is 1. The molecule has 0 saturated carbocycles. The highest BCUT2D eigenvalue weighted by molar-refractivity contribution is 6.21. The molecule has 2 aromatic rings. The summed E-state index contributed by atoms with van der Waals surface area (Å²) in [5.41, 5.74) is 1.42. The van der Waals surface area contributed by atoms with Crippen molar-refractivity contribution in [3.8, 4) is 11.8 Å². The highest BCUT2D eigenvalue weighted by Crippen LogP contribution is 2.22. The first-order valence-corrected chi connectivity index (χ1v) is 6.79. The maximum absolute atomic E-state index is 12.1. The van der Waals surface area contributed by atoms with E-state index in [2.05, 4.69) is 0 Å². The minimum atomic E-state index is -0.288. The molecule has 5 nitrogen and oxygen atoms in total. The first-order chi connectivity index (χ1) is 10.7. The second-order valence-corrected chi connectivity index (χ2v) is 4.79. The van der Waals surface area contributed by atoms with Gasteiger partial charge in [-0.1, -0.05) is 12.1 Å². The normalized spacial score (nSPS) is 13.0. The number of benzene rings is 2. The second-order valence-electron chi connectivity index (χ2n) is 4.79. The SMILES string of the molecule is N#Cc1ccc(OCCN2C(=O)c3ccccc3C2=O)cc1. The number of carbonyl (C=O) groups is 2. The van der Waals surface area contributed by atoms with E-state index in [1.807, 2.05) is 6.07 Å². The summed E-state index contributed by atoms with van der Waals surface area (Å²) in [7, 11) is 0. The number of ether oxygens (including phenoxy) is 1. The van der Waals surface area contributed by atoms with E-state index in [1.54, 1.807) is 48.5 Å². The van der Waals surface area contributed by atoms with E-state index in [0.29, 0.717) is 22.4 Å². The van der Waals surface area contributed by atoms with E-state index in [0.717, 1.165) is 0 Å². The second kappa shape index (κ2) is 5.70. The number of carbonyl (C=O) groups excluding carboxylic acids is 2. The van der Waals surface area contributed by atoms with Crippen LogP contribution in [0.2, 0.25) is 0 Å². The molecule has 108 valence electrons. The Morgan fingerprint density at radius 2 is 1.55 bits per heavy atom. The van der Waals surface area contributed by atoms with Crippen LogP contribution in [0.25, 0.3) is 0 Å². The molecular weight excluding hydrogens is 280 g/mol. The highest BCUT2D eigenvalue weighted by atomic mass is 16.5. The number of fused-ring (bicyclic) bond motifs is 1. The van der Waals surface area contributed by atoms with Gasteiger partial charge in [-0.05, 0) is 36.4 Å². The van der Waals surface area contributed by atoms with Gasteiger partial charge in [-0.2, -0.15) is 5.26 Å². The average molecular weight is 292 g/mol. The van der Waals surface area contributed by atoms with Crippen molar-refractivity contribution in [1.82, 2.24) is 4.90 Å². The van der Waals surface area contributed by atoms with Crippen LogP contribution in [0.5, 0.6) is 5.75 Å². The molecule has 1 aliphatic rings. The van der Waals surface area contributed by atoms with Crippen molar-refractivity contribution < 1.29 is 14.3 Å². The van der Waals surface area contributed by atoms with Crippen LogP contribution in [-0.4, -0.2) is 29.9 Å². The van der Waals surface area contributed by atoms with Crippen molar-refractivity contribution in [1.29, 1.82) is 5.26 Å². The van der Waals surface area contributed by atoms with Crippen LogP contribution in [0, 0.1) is 11.3 Å². The summed E-state index contributed by atoms with van der Waals surface area (Å²) >= 11 is 0. The largest absolute Gasteiger partial charge is 0.492 e. The third kappa shape index (κ3) is 2.42. The molecule has 0 aromatic heterocycles. The van der Waals surface area contributed by atoms with Gasteiger partial charge in [0.2, 0.25) is 0 Å². The van der Waals surface area contributed by atoms with Gasteiger partial charge in [-0.15, -0.1) is 0 Å².